The van der Waals surface area contributed by atoms with E-state index in [4.69, 9.17) is 18.5 Å². The monoisotopic (exact) mass is 897 g/mol. The molecule has 0 rings (SSSR count). The number of rotatable bonds is 39. The van der Waals surface area contributed by atoms with Gasteiger partial charge in [0, 0.05) is 12.8 Å². The molecule has 6 atom stereocenters. The van der Waals surface area contributed by atoms with Crippen molar-refractivity contribution in [3.05, 3.63) is 85.1 Å². The molecule has 0 amide bonds. The van der Waals surface area contributed by atoms with Gasteiger partial charge in [-0.15, -0.1) is 0 Å². The van der Waals surface area contributed by atoms with E-state index in [9.17, 15) is 39.5 Å². The average Bonchev–Trinajstić information content (AvgIpc) is 3.20. The molecule has 0 spiro atoms. The maximum Gasteiger partial charge on any atom is 0.472 e. The number of aliphatic hydroxyl groups is 4. The molecule has 5 N–H and O–H groups in total. The zero-order chi connectivity index (χ0) is 46.3. The van der Waals surface area contributed by atoms with Crippen molar-refractivity contribution in [2.24, 2.45) is 0 Å². The number of carbonyl (C=O) groups is 2. The van der Waals surface area contributed by atoms with E-state index in [2.05, 4.69) is 19.1 Å². The van der Waals surface area contributed by atoms with Gasteiger partial charge < -0.3 is 39.3 Å². The molecular formula is C48H83NO12P+. The molecule has 6 unspecified atom stereocenters. The quantitative estimate of drug-likeness (QED) is 0.00988. The second-order valence-corrected chi connectivity index (χ2v) is 18.0. The minimum atomic E-state index is -4.50. The Morgan fingerprint density at radius 2 is 1.27 bits per heavy atom. The van der Waals surface area contributed by atoms with Crippen LogP contribution in [0.2, 0.25) is 0 Å². The second kappa shape index (κ2) is 38.5. The summed E-state index contributed by atoms with van der Waals surface area (Å²) in [5.41, 5.74) is 0. The van der Waals surface area contributed by atoms with Crippen LogP contribution in [0.1, 0.15) is 129 Å². The summed E-state index contributed by atoms with van der Waals surface area (Å²) in [5, 5.41) is 39.8. The molecule has 356 valence electrons. The van der Waals surface area contributed by atoms with Crippen LogP contribution in [-0.4, -0.2) is 120 Å². The normalized spacial score (nSPS) is 16.4. The van der Waals surface area contributed by atoms with Crippen molar-refractivity contribution in [1.29, 1.82) is 0 Å². The van der Waals surface area contributed by atoms with Gasteiger partial charge in [0.2, 0.25) is 0 Å². The summed E-state index contributed by atoms with van der Waals surface area (Å²) in [7, 11) is 1.20. The Morgan fingerprint density at radius 3 is 1.92 bits per heavy atom. The van der Waals surface area contributed by atoms with Gasteiger partial charge in [0.05, 0.1) is 52.2 Å². The zero-order valence-corrected chi connectivity index (χ0v) is 39.4. The van der Waals surface area contributed by atoms with Crippen molar-refractivity contribution in [1.82, 2.24) is 0 Å². The first-order valence-electron chi connectivity index (χ1n) is 22.7. The zero-order valence-electron chi connectivity index (χ0n) is 38.5. The van der Waals surface area contributed by atoms with Gasteiger partial charge in [-0.2, -0.15) is 0 Å². The van der Waals surface area contributed by atoms with Crippen molar-refractivity contribution in [3.63, 3.8) is 0 Å². The highest BCUT2D eigenvalue weighted by Crippen LogP contribution is 2.43. The summed E-state index contributed by atoms with van der Waals surface area (Å²) in [6.07, 6.45) is 35.8. The Labute approximate surface area is 373 Å². The smallest absolute Gasteiger partial charge is 0.462 e. The van der Waals surface area contributed by atoms with Crippen molar-refractivity contribution < 1.29 is 62.5 Å². The predicted molar refractivity (Wildman–Crippen MR) is 248 cm³/mol. The highest BCUT2D eigenvalue weighted by Gasteiger charge is 2.27. The summed E-state index contributed by atoms with van der Waals surface area (Å²) < 4.78 is 33.9. The highest BCUT2D eigenvalue weighted by atomic mass is 31.2. The van der Waals surface area contributed by atoms with Crippen LogP contribution in [0.15, 0.2) is 85.1 Å². The van der Waals surface area contributed by atoms with Crippen LogP contribution < -0.4 is 0 Å². The molecule has 0 aromatic heterocycles. The fraction of sp³-hybridized carbons (Fsp3) is 0.667. The van der Waals surface area contributed by atoms with E-state index in [1.807, 2.05) is 39.4 Å². The number of hydrogen-bond acceptors (Lipinski definition) is 11. The number of unbranched alkanes of at least 4 members (excludes halogenated alkanes) is 11. The third kappa shape index (κ3) is 42.3. The van der Waals surface area contributed by atoms with Crippen LogP contribution in [0.4, 0.5) is 0 Å². The first-order chi connectivity index (χ1) is 29.5. The number of nitrogens with zero attached hydrogens (tertiary/aromatic N) is 1. The lowest BCUT2D eigenvalue weighted by atomic mass is 10.1. The Bertz CT molecular complexity index is 1400. The number of likely N-dealkylation sites (N-methyl/N-ethyl adjacent to an activating group) is 1. The Balaban J connectivity index is 4.78. The maximum atomic E-state index is 12.7. The Hall–Kier alpha value is -2.97. The van der Waals surface area contributed by atoms with E-state index < -0.39 is 56.9 Å². The maximum absolute atomic E-state index is 12.7. The number of hydrogen-bond donors (Lipinski definition) is 5. The molecule has 0 aliphatic heterocycles. The highest BCUT2D eigenvalue weighted by molar-refractivity contribution is 7.47. The lowest BCUT2D eigenvalue weighted by molar-refractivity contribution is -0.870. The molecule has 0 radical (unpaired) electrons. The number of esters is 2. The van der Waals surface area contributed by atoms with Crippen LogP contribution in [0, 0.1) is 0 Å². The molecule has 0 heterocycles. The van der Waals surface area contributed by atoms with Gasteiger partial charge in [-0.3, -0.25) is 18.6 Å². The summed E-state index contributed by atoms with van der Waals surface area (Å²) in [4.78, 5) is 35.4. The van der Waals surface area contributed by atoms with Crippen molar-refractivity contribution >= 4 is 19.8 Å². The van der Waals surface area contributed by atoms with Crippen LogP contribution in [0.5, 0.6) is 0 Å². The lowest BCUT2D eigenvalue weighted by Crippen LogP contribution is -2.37. The molecule has 0 saturated carbocycles. The first-order valence-corrected chi connectivity index (χ1v) is 24.2. The van der Waals surface area contributed by atoms with E-state index in [0.29, 0.717) is 30.3 Å². The number of phosphoric acid groups is 1. The van der Waals surface area contributed by atoms with E-state index in [1.165, 1.54) is 56.8 Å². The van der Waals surface area contributed by atoms with Gasteiger partial charge in [0.25, 0.3) is 0 Å². The summed E-state index contributed by atoms with van der Waals surface area (Å²) >= 11 is 0. The first kappa shape index (κ1) is 59.0. The number of carbonyl (C=O) groups excluding carboxylic acids is 2. The number of ether oxygens (including phenoxy) is 2. The van der Waals surface area contributed by atoms with E-state index in [-0.39, 0.29) is 32.5 Å². The van der Waals surface area contributed by atoms with Gasteiger partial charge in [-0.1, -0.05) is 143 Å². The van der Waals surface area contributed by atoms with E-state index in [0.717, 1.165) is 38.5 Å². The number of quaternary nitrogens is 1. The molecule has 0 aromatic rings. The molecule has 0 fully saturated rings. The predicted octanol–water partition coefficient (Wildman–Crippen LogP) is 8.68. The molecular weight excluding hydrogens is 813 g/mol. The summed E-state index contributed by atoms with van der Waals surface area (Å²) in [5.74, 6) is -1.23. The van der Waals surface area contributed by atoms with E-state index in [1.54, 1.807) is 43.4 Å². The molecule has 0 bridgehead atoms. The number of allylic oxidation sites excluding steroid dienone is 8. The molecule has 14 heteroatoms. The second-order valence-electron chi connectivity index (χ2n) is 16.6. The Kier molecular flexibility index (Phi) is 36.6. The average molecular weight is 897 g/mol. The third-order valence-corrected chi connectivity index (χ3v) is 10.2. The summed E-state index contributed by atoms with van der Waals surface area (Å²) in [6.45, 7) is 3.36. The molecule has 0 aromatic carbocycles. The van der Waals surface area contributed by atoms with Gasteiger partial charge in [-0.05, 0) is 58.3 Å². The third-order valence-electron chi connectivity index (χ3n) is 9.19. The number of phosphoric ester groups is 1. The van der Waals surface area contributed by atoms with Gasteiger partial charge >= 0.3 is 19.8 Å². The lowest BCUT2D eigenvalue weighted by Gasteiger charge is -2.24. The molecule has 13 nitrogen and oxygen atoms in total. The van der Waals surface area contributed by atoms with E-state index >= 15 is 0 Å². The molecule has 0 aliphatic rings. The minimum Gasteiger partial charge on any atom is -0.462 e. The fourth-order valence-corrected chi connectivity index (χ4v) is 6.28. The van der Waals surface area contributed by atoms with Crippen molar-refractivity contribution in [2.45, 2.75) is 160 Å². The van der Waals surface area contributed by atoms with Crippen LogP contribution in [0.25, 0.3) is 0 Å². The standard InChI is InChI=1S/C48H82NO12P/c1-6-7-8-9-10-11-12-13-14-15-16-17-18-19-28-33-47(54)58-40-46(41-60-62(56,57)59-39-38-49(3,4)5)61-48(55)37-36-45(53)35-34-44(52)32-27-23-22-26-31-43(51)30-25-21-20-24-29-42(2)50/h13-14,21-27,29,31-32,34-35,42-46,50-53H,6-12,15-20,28,30,33,36-41H2,1-5H3/p+1/b14-13-,23-22+,25-21+,29-24-,31-26-,32-27+,35-34+. The topological polar surface area (TPSA) is 189 Å². The van der Waals surface area contributed by atoms with Gasteiger partial charge in [0.15, 0.2) is 6.10 Å². The minimum absolute atomic E-state index is 0.0396. The molecule has 62 heavy (non-hydrogen) atoms. The van der Waals surface area contributed by atoms with Crippen LogP contribution in [-0.2, 0) is 32.7 Å². The fourth-order valence-electron chi connectivity index (χ4n) is 5.54. The van der Waals surface area contributed by atoms with Crippen molar-refractivity contribution in [2.75, 3.05) is 47.5 Å². The van der Waals surface area contributed by atoms with Gasteiger partial charge in [0.1, 0.15) is 19.8 Å². The van der Waals surface area contributed by atoms with Crippen molar-refractivity contribution in [3.8, 4) is 0 Å². The van der Waals surface area contributed by atoms with Crippen LogP contribution >= 0.6 is 7.82 Å². The molecule has 0 aliphatic carbocycles. The molecule has 0 saturated heterocycles. The van der Waals surface area contributed by atoms with Gasteiger partial charge in [-0.25, -0.2) is 4.57 Å². The Morgan fingerprint density at radius 1 is 0.645 bits per heavy atom. The SMILES string of the molecule is CCCCCCCC/C=C\CCCCCCCC(=O)OCC(COP(=O)(O)OCC[N+](C)(C)C)OC(=O)CCC(O)/C=C/C(O)/C=C/C=C/C=C\C(O)C/C=C/C/C=C\C(C)O. The summed E-state index contributed by atoms with van der Waals surface area (Å²) in [6, 6.07) is 0. The largest absolute Gasteiger partial charge is 0.472 e. The van der Waals surface area contributed by atoms with Crippen LogP contribution in [0.3, 0.4) is 0 Å². The number of aliphatic hydroxyl groups excluding tert-OH is 4.